The van der Waals surface area contributed by atoms with Crippen LogP contribution in [0.2, 0.25) is 5.02 Å². The Morgan fingerprint density at radius 1 is 0.917 bits per heavy atom. The molecule has 0 atom stereocenters. The smallest absolute Gasteiger partial charge is 0.0739 e. The highest BCUT2D eigenvalue weighted by Crippen LogP contribution is 2.37. The standard InChI is InChI=1S/C19H19ClN2.2ClH/c20-16-5-6-17-15(12-16)4-3-14-2-1-9-22-19(14)18(17)13-7-10-21-11-8-13;;/h1-2,5-6,9,12,21H,3-4,7-8,10-11H2;2*1H. The molecule has 2 heterocycles. The van der Waals surface area contributed by atoms with Gasteiger partial charge in [0.1, 0.15) is 0 Å². The molecular weight excluding hydrogens is 363 g/mol. The van der Waals surface area contributed by atoms with Crippen molar-refractivity contribution in [1.29, 1.82) is 0 Å². The molecule has 1 aliphatic heterocycles. The van der Waals surface area contributed by atoms with Gasteiger partial charge in [-0.1, -0.05) is 29.3 Å². The summed E-state index contributed by atoms with van der Waals surface area (Å²) in [6.07, 6.45) is 6.19. The predicted octanol–water partition coefficient (Wildman–Crippen LogP) is 4.86. The molecule has 2 nitrogen and oxygen atoms in total. The van der Waals surface area contributed by atoms with Gasteiger partial charge in [0, 0.05) is 16.8 Å². The van der Waals surface area contributed by atoms with E-state index in [-0.39, 0.29) is 24.8 Å². The van der Waals surface area contributed by atoms with Crippen LogP contribution in [0, 0.1) is 0 Å². The third-order valence-corrected chi connectivity index (χ3v) is 4.92. The molecule has 24 heavy (non-hydrogen) atoms. The van der Waals surface area contributed by atoms with E-state index in [1.54, 1.807) is 0 Å². The minimum atomic E-state index is 0. The monoisotopic (exact) mass is 382 g/mol. The van der Waals surface area contributed by atoms with E-state index < -0.39 is 0 Å². The van der Waals surface area contributed by atoms with Crippen molar-refractivity contribution in [2.24, 2.45) is 0 Å². The lowest BCUT2D eigenvalue weighted by Gasteiger charge is -2.21. The van der Waals surface area contributed by atoms with Crippen LogP contribution in [0.3, 0.4) is 0 Å². The molecule has 1 aliphatic carbocycles. The number of aryl methyl sites for hydroxylation is 2. The van der Waals surface area contributed by atoms with Crippen molar-refractivity contribution >= 4 is 42.0 Å². The van der Waals surface area contributed by atoms with E-state index >= 15 is 0 Å². The summed E-state index contributed by atoms with van der Waals surface area (Å²) in [5, 5.41) is 4.28. The maximum atomic E-state index is 6.23. The second-order valence-electron chi connectivity index (χ2n) is 6.04. The summed E-state index contributed by atoms with van der Waals surface area (Å²) in [5.74, 6) is 0. The van der Waals surface area contributed by atoms with Crippen LogP contribution in [0.15, 0.2) is 42.1 Å². The number of fused-ring (bicyclic) bond motifs is 2. The molecule has 128 valence electrons. The molecule has 0 radical (unpaired) electrons. The minimum absolute atomic E-state index is 0. The molecule has 0 saturated carbocycles. The molecule has 0 unspecified atom stereocenters. The molecule has 1 N–H and O–H groups in total. The zero-order chi connectivity index (χ0) is 14.9. The highest BCUT2D eigenvalue weighted by Gasteiger charge is 2.23. The zero-order valence-electron chi connectivity index (χ0n) is 13.3. The van der Waals surface area contributed by atoms with Gasteiger partial charge in [-0.05, 0) is 73.7 Å². The van der Waals surface area contributed by atoms with Gasteiger partial charge in [0.15, 0.2) is 0 Å². The Morgan fingerprint density at radius 2 is 1.67 bits per heavy atom. The Kier molecular flexibility index (Phi) is 6.70. The van der Waals surface area contributed by atoms with Crippen LogP contribution < -0.4 is 5.32 Å². The summed E-state index contributed by atoms with van der Waals surface area (Å²) in [6.45, 7) is 2.12. The van der Waals surface area contributed by atoms with E-state index in [2.05, 4.69) is 23.5 Å². The first-order valence-corrected chi connectivity index (χ1v) is 8.36. The lowest BCUT2D eigenvalue weighted by Crippen LogP contribution is -2.24. The zero-order valence-corrected chi connectivity index (χ0v) is 15.7. The van der Waals surface area contributed by atoms with Crippen LogP contribution in [0.5, 0.6) is 0 Å². The summed E-state index contributed by atoms with van der Waals surface area (Å²) in [5.41, 5.74) is 8.12. The Bertz CT molecular complexity index is 748. The maximum absolute atomic E-state index is 6.23. The fourth-order valence-electron chi connectivity index (χ4n) is 3.61. The number of rotatable bonds is 0. The topological polar surface area (TPSA) is 24.9 Å². The number of halogens is 3. The summed E-state index contributed by atoms with van der Waals surface area (Å²) in [7, 11) is 0. The second-order valence-corrected chi connectivity index (χ2v) is 6.48. The number of nitrogens with zero attached hydrogens (tertiary/aromatic N) is 1. The Balaban J connectivity index is 0.00000104. The average Bonchev–Trinajstić information content (AvgIpc) is 2.72. The van der Waals surface area contributed by atoms with Crippen molar-refractivity contribution in [3.8, 4) is 0 Å². The average molecular weight is 384 g/mol. The molecule has 5 heteroatoms. The van der Waals surface area contributed by atoms with E-state index in [9.17, 15) is 0 Å². The number of piperidine rings is 1. The number of hydrogen-bond donors (Lipinski definition) is 1. The normalized spacial score (nSPS) is 16.2. The molecule has 0 spiro atoms. The minimum Gasteiger partial charge on any atom is -0.316 e. The van der Waals surface area contributed by atoms with E-state index in [1.165, 1.54) is 33.5 Å². The van der Waals surface area contributed by atoms with E-state index in [0.717, 1.165) is 43.8 Å². The van der Waals surface area contributed by atoms with Crippen LogP contribution in [0.25, 0.3) is 5.57 Å². The molecule has 2 aliphatic rings. The molecule has 2 aromatic rings. The summed E-state index contributed by atoms with van der Waals surface area (Å²) in [6, 6.07) is 10.6. The second kappa shape index (κ2) is 8.35. The molecule has 1 saturated heterocycles. The summed E-state index contributed by atoms with van der Waals surface area (Å²) in [4.78, 5) is 4.75. The quantitative estimate of drug-likeness (QED) is 0.702. The van der Waals surface area contributed by atoms with Crippen molar-refractivity contribution in [2.45, 2.75) is 25.7 Å². The van der Waals surface area contributed by atoms with Gasteiger partial charge < -0.3 is 5.32 Å². The van der Waals surface area contributed by atoms with Crippen molar-refractivity contribution < 1.29 is 0 Å². The van der Waals surface area contributed by atoms with E-state index in [4.69, 9.17) is 16.6 Å². The maximum Gasteiger partial charge on any atom is 0.0739 e. The molecule has 1 aromatic heterocycles. The van der Waals surface area contributed by atoms with Gasteiger partial charge in [0.05, 0.1) is 5.69 Å². The fraction of sp³-hybridized carbons (Fsp3) is 0.316. The lowest BCUT2D eigenvalue weighted by atomic mass is 9.89. The van der Waals surface area contributed by atoms with Gasteiger partial charge in [-0.3, -0.25) is 4.98 Å². The van der Waals surface area contributed by atoms with Crippen LogP contribution in [0.1, 0.15) is 35.2 Å². The van der Waals surface area contributed by atoms with Gasteiger partial charge in [-0.15, -0.1) is 24.8 Å². The number of aromatic nitrogens is 1. The third kappa shape index (κ3) is 3.62. The number of nitrogens with one attached hydrogen (secondary N) is 1. The van der Waals surface area contributed by atoms with Gasteiger partial charge in [0.2, 0.25) is 0 Å². The van der Waals surface area contributed by atoms with Crippen LogP contribution in [-0.2, 0) is 12.8 Å². The molecular formula is C19H21Cl3N2. The Hall–Kier alpha value is -1.06. The van der Waals surface area contributed by atoms with Crippen molar-refractivity contribution in [1.82, 2.24) is 10.3 Å². The van der Waals surface area contributed by atoms with E-state index in [0.29, 0.717) is 0 Å². The number of benzene rings is 1. The van der Waals surface area contributed by atoms with Crippen molar-refractivity contribution in [3.63, 3.8) is 0 Å². The Labute approximate surface area is 160 Å². The lowest BCUT2D eigenvalue weighted by molar-refractivity contribution is 0.611. The van der Waals surface area contributed by atoms with Crippen molar-refractivity contribution in [3.05, 3.63) is 69.5 Å². The first-order valence-electron chi connectivity index (χ1n) is 7.99. The Morgan fingerprint density at radius 3 is 2.46 bits per heavy atom. The molecule has 1 fully saturated rings. The summed E-state index contributed by atoms with van der Waals surface area (Å²) >= 11 is 6.23. The number of hydrogen-bond acceptors (Lipinski definition) is 2. The first-order chi connectivity index (χ1) is 10.8. The van der Waals surface area contributed by atoms with Crippen LogP contribution in [-0.4, -0.2) is 18.1 Å². The molecule has 0 bridgehead atoms. The molecule has 1 aromatic carbocycles. The van der Waals surface area contributed by atoms with Crippen LogP contribution >= 0.6 is 36.4 Å². The third-order valence-electron chi connectivity index (χ3n) is 4.69. The van der Waals surface area contributed by atoms with Crippen LogP contribution in [0.4, 0.5) is 0 Å². The molecule has 4 rings (SSSR count). The predicted molar refractivity (Wildman–Crippen MR) is 106 cm³/mol. The van der Waals surface area contributed by atoms with Gasteiger partial charge in [0.25, 0.3) is 0 Å². The SMILES string of the molecule is Cl.Cl.Clc1ccc2c(c1)CCc1cccnc1C2=C1CCNCC1. The largest absolute Gasteiger partial charge is 0.316 e. The highest BCUT2D eigenvalue weighted by molar-refractivity contribution is 6.30. The van der Waals surface area contributed by atoms with Crippen molar-refractivity contribution in [2.75, 3.05) is 13.1 Å². The summed E-state index contributed by atoms with van der Waals surface area (Å²) < 4.78 is 0. The van der Waals surface area contributed by atoms with E-state index in [1.807, 2.05) is 18.3 Å². The number of pyridine rings is 1. The van der Waals surface area contributed by atoms with Gasteiger partial charge in [-0.2, -0.15) is 0 Å². The molecule has 0 amide bonds. The fourth-order valence-corrected chi connectivity index (χ4v) is 3.81. The van der Waals surface area contributed by atoms with Gasteiger partial charge >= 0.3 is 0 Å². The van der Waals surface area contributed by atoms with Gasteiger partial charge in [-0.25, -0.2) is 0 Å². The first kappa shape index (κ1) is 19.3. The highest BCUT2D eigenvalue weighted by atomic mass is 35.5.